The van der Waals surface area contributed by atoms with Crippen LogP contribution in [0.2, 0.25) is 0 Å². The van der Waals surface area contributed by atoms with Crippen molar-refractivity contribution in [2.45, 2.75) is 50.7 Å². The molecular weight excluding hydrogens is 173 g/mol. The first kappa shape index (κ1) is 7.69. The number of ether oxygens (including phenoxy) is 2. The Morgan fingerprint density at radius 1 is 1.58 bits per heavy atom. The van der Waals surface area contributed by atoms with Crippen LogP contribution in [0.25, 0.3) is 0 Å². The number of hydrogen-bond donors (Lipinski definition) is 1. The molecule has 0 radical (unpaired) electrons. The van der Waals surface area contributed by atoms with Crippen molar-refractivity contribution in [2.24, 2.45) is 0 Å². The molecule has 2 fully saturated rings. The molecule has 2 aliphatic rings. The van der Waals surface area contributed by atoms with E-state index in [4.69, 9.17) is 10.8 Å². The lowest BCUT2D eigenvalue weighted by molar-refractivity contribution is -0.153. The van der Waals surface area contributed by atoms with Crippen LogP contribution in [0.3, 0.4) is 0 Å². The molecule has 1 aliphatic carbocycles. The quantitative estimate of drug-likeness (QED) is 0.628. The summed E-state index contributed by atoms with van der Waals surface area (Å²) in [4.78, 5) is 0. The number of hydrogen-bond acceptors (Lipinski definition) is 3. The average molecular weight is 191 g/mol. The first-order chi connectivity index (χ1) is 6.03. The topological polar surface area (TPSA) is 30.5 Å². The summed E-state index contributed by atoms with van der Waals surface area (Å²) in [6, 6.07) is 0.235. The molecule has 0 aromatic carbocycles. The second-order valence-electron chi connectivity index (χ2n) is 3.81. The molecule has 1 aliphatic heterocycles. The minimum Gasteiger partial charge on any atom is -0.345 e. The summed E-state index contributed by atoms with van der Waals surface area (Å²) in [7, 11) is 2.49. The van der Waals surface area contributed by atoms with Crippen LogP contribution in [0.4, 0.5) is 0 Å². The molecule has 1 heterocycles. The van der Waals surface area contributed by atoms with Gasteiger partial charge in [-0.3, -0.25) is 5.09 Å². The minimum absolute atomic E-state index is 0.0370. The van der Waals surface area contributed by atoms with Gasteiger partial charge in [-0.05, 0) is 26.7 Å². The van der Waals surface area contributed by atoms with Crippen LogP contribution in [0.5, 0.6) is 0 Å². The van der Waals surface area contributed by atoms with Gasteiger partial charge >= 0.3 is 0 Å². The molecule has 0 aromatic heterocycles. The molecule has 12 heavy (non-hydrogen) atoms. The van der Waals surface area contributed by atoms with Crippen molar-refractivity contribution in [2.75, 3.05) is 0 Å². The average Bonchev–Trinajstić information content (AvgIpc) is 2.47. The van der Waals surface area contributed by atoms with Crippen molar-refractivity contribution >= 4 is 9.39 Å². The summed E-state index contributed by atoms with van der Waals surface area (Å²) in [6.45, 7) is 3.80. The summed E-state index contributed by atoms with van der Waals surface area (Å²) in [5.41, 5.74) is 0. The summed E-state index contributed by atoms with van der Waals surface area (Å²) < 4.78 is 19.2. The molecule has 5 atom stereocenters. The number of rotatable bonds is 1. The van der Waals surface area contributed by atoms with Crippen LogP contribution in [-0.2, 0) is 9.47 Å². The van der Waals surface area contributed by atoms with Gasteiger partial charge in [0, 0.05) is 7.41 Å². The Bertz CT molecular complexity index is 214. The maximum atomic E-state index is 7.82. The molecule has 0 amide bonds. The van der Waals surface area contributed by atoms with Gasteiger partial charge in [0.05, 0.1) is 6.10 Å². The summed E-state index contributed by atoms with van der Waals surface area (Å²) in [5, 5.41) is 3.10. The van der Waals surface area contributed by atoms with Crippen molar-refractivity contribution in [3.8, 4) is 0 Å². The predicted molar refractivity (Wildman–Crippen MR) is 49.7 cm³/mol. The van der Waals surface area contributed by atoms with Gasteiger partial charge in [-0.1, -0.05) is 9.39 Å². The van der Waals surface area contributed by atoms with Gasteiger partial charge in [-0.2, -0.15) is 0 Å². The first-order valence-corrected chi connectivity index (χ1v) is 4.85. The highest BCUT2D eigenvalue weighted by atomic mass is 31.0. The fraction of sp³-hybridized carbons (Fsp3) is 1.00. The molecule has 2 rings (SSSR count). The smallest absolute Gasteiger partial charge is 0.163 e. The molecule has 0 spiro atoms. The molecule has 0 bridgehead atoms. The van der Waals surface area contributed by atoms with Crippen LogP contribution in [0, 0.1) is 0 Å². The SMILES string of the molecule is [3H][C@H]1C[C@@H](NP)[C@@H]2OC(C)(C)O[C@@H]21. The Morgan fingerprint density at radius 3 is 3.00 bits per heavy atom. The van der Waals surface area contributed by atoms with Gasteiger partial charge in [-0.15, -0.1) is 0 Å². The van der Waals surface area contributed by atoms with E-state index < -0.39 is 5.79 Å². The van der Waals surface area contributed by atoms with E-state index in [2.05, 4.69) is 14.5 Å². The first-order valence-electron chi connectivity index (χ1n) is 4.85. The third-order valence-corrected chi connectivity index (χ3v) is 2.82. The third kappa shape index (κ3) is 1.39. The lowest BCUT2D eigenvalue weighted by Crippen LogP contribution is -2.34. The van der Waals surface area contributed by atoms with Gasteiger partial charge in [0.1, 0.15) is 6.10 Å². The highest BCUT2D eigenvalue weighted by Crippen LogP contribution is 2.38. The molecule has 3 nitrogen and oxygen atoms in total. The zero-order valence-electron chi connectivity index (χ0n) is 8.41. The van der Waals surface area contributed by atoms with Gasteiger partial charge in [0.15, 0.2) is 5.79 Å². The maximum Gasteiger partial charge on any atom is 0.163 e. The van der Waals surface area contributed by atoms with E-state index in [1.165, 1.54) is 0 Å². The summed E-state index contributed by atoms with van der Waals surface area (Å²) in [6.07, 6.45) is 0.613. The Labute approximate surface area is 76.9 Å². The fourth-order valence-corrected chi connectivity index (χ4v) is 2.21. The monoisotopic (exact) mass is 191 g/mol. The largest absolute Gasteiger partial charge is 0.345 e. The highest BCUT2D eigenvalue weighted by molar-refractivity contribution is 7.13. The molecule has 70 valence electrons. The molecule has 4 heteroatoms. The van der Waals surface area contributed by atoms with Gasteiger partial charge < -0.3 is 9.47 Å². The molecule has 0 aromatic rings. The van der Waals surface area contributed by atoms with E-state index in [0.29, 0.717) is 0 Å². The number of fused-ring (bicyclic) bond motifs is 1. The van der Waals surface area contributed by atoms with E-state index in [9.17, 15) is 0 Å². The third-order valence-electron chi connectivity index (χ3n) is 2.40. The van der Waals surface area contributed by atoms with E-state index in [0.717, 1.165) is 6.42 Å². The standard InChI is InChI=1S/C8H16NO2P/c1-8(2)10-6-4-3-5(9-12)7(6)11-8/h5-7,9H,3-4,12H2,1-2H3/t5-,6-,7+/m1/s1/i4T/t4-,5+,6+,7-/m0. The normalized spacial score (nSPS) is 52.1. The Balaban J connectivity index is 2.12. The fourth-order valence-electron chi connectivity index (χ4n) is 1.89. The zero-order valence-corrected chi connectivity index (χ0v) is 8.57. The maximum absolute atomic E-state index is 7.82. The van der Waals surface area contributed by atoms with Gasteiger partial charge in [0.25, 0.3) is 0 Å². The Morgan fingerprint density at radius 2 is 2.33 bits per heavy atom. The van der Waals surface area contributed by atoms with Crippen LogP contribution in [0.1, 0.15) is 28.0 Å². The van der Waals surface area contributed by atoms with Crippen molar-refractivity contribution in [3.05, 3.63) is 0 Å². The van der Waals surface area contributed by atoms with E-state index in [-0.39, 0.29) is 24.6 Å². The molecule has 1 unspecified atom stereocenters. The van der Waals surface area contributed by atoms with E-state index in [1.54, 1.807) is 0 Å². The summed E-state index contributed by atoms with van der Waals surface area (Å²) in [5.74, 6) is -0.519. The van der Waals surface area contributed by atoms with Crippen molar-refractivity contribution in [3.63, 3.8) is 0 Å². The van der Waals surface area contributed by atoms with Crippen molar-refractivity contribution < 1.29 is 10.8 Å². The zero-order chi connectivity index (χ0) is 9.64. The predicted octanol–water partition coefficient (Wildman–Crippen LogP) is 1.05. The van der Waals surface area contributed by atoms with Crippen molar-refractivity contribution in [1.29, 1.82) is 0 Å². The molecule has 1 saturated heterocycles. The van der Waals surface area contributed by atoms with E-state index >= 15 is 0 Å². The highest BCUT2D eigenvalue weighted by Gasteiger charge is 2.48. The second kappa shape index (κ2) is 2.91. The van der Waals surface area contributed by atoms with Crippen LogP contribution < -0.4 is 5.09 Å². The molecule has 1 N–H and O–H groups in total. The van der Waals surface area contributed by atoms with Crippen molar-refractivity contribution in [1.82, 2.24) is 5.09 Å². The van der Waals surface area contributed by atoms with Crippen LogP contribution in [-0.4, -0.2) is 24.0 Å². The molecule has 1 saturated carbocycles. The summed E-state index contributed by atoms with van der Waals surface area (Å²) >= 11 is 0. The second-order valence-corrected chi connectivity index (χ2v) is 4.14. The Kier molecular flexibility index (Phi) is 1.87. The lowest BCUT2D eigenvalue weighted by Gasteiger charge is -2.21. The lowest BCUT2D eigenvalue weighted by atomic mass is 10.2. The van der Waals surface area contributed by atoms with Crippen LogP contribution in [0.15, 0.2) is 0 Å². The van der Waals surface area contributed by atoms with E-state index in [1.807, 2.05) is 13.8 Å². The van der Waals surface area contributed by atoms with Crippen LogP contribution >= 0.6 is 9.39 Å². The van der Waals surface area contributed by atoms with Gasteiger partial charge in [-0.25, -0.2) is 0 Å². The minimum atomic E-state index is -0.519. The number of nitrogens with one attached hydrogen (secondary N) is 1. The molecular formula is C8H16NO2P. The van der Waals surface area contributed by atoms with Gasteiger partial charge in [0.2, 0.25) is 0 Å². The Hall–Kier alpha value is 0.310.